The smallest absolute Gasteiger partial charge is 0.263 e. The molecule has 6 nitrogen and oxygen atoms in total. The molecule has 0 unspecified atom stereocenters. The minimum atomic E-state index is -3.24. The average molecular weight is 313 g/mol. The summed E-state index contributed by atoms with van der Waals surface area (Å²) in [6.07, 6.45) is 1.07. The predicted molar refractivity (Wildman–Crippen MR) is 81.4 cm³/mol. The third kappa shape index (κ3) is 3.47. The number of nitrogen functional groups attached to an aromatic ring is 1. The largest absolute Gasteiger partial charge is 0.397 e. The van der Waals surface area contributed by atoms with Crippen molar-refractivity contribution < 1.29 is 13.2 Å². The van der Waals surface area contributed by atoms with Gasteiger partial charge < -0.3 is 11.1 Å². The first-order valence-electron chi connectivity index (χ1n) is 5.88. The molecule has 0 aliphatic rings. The quantitative estimate of drug-likeness (QED) is 0.709. The molecule has 0 atom stereocenters. The van der Waals surface area contributed by atoms with Crippen molar-refractivity contribution in [2.24, 2.45) is 0 Å². The maximum absolute atomic E-state index is 12.0. The summed E-state index contributed by atoms with van der Waals surface area (Å²) in [6.45, 7) is 0.356. The monoisotopic (exact) mass is 313 g/mol. The molecule has 0 aliphatic carbocycles. The lowest BCUT2D eigenvalue weighted by molar-refractivity contribution is 0.0959. The van der Waals surface area contributed by atoms with E-state index in [0.717, 1.165) is 16.3 Å². The topological polar surface area (TPSA) is 101 Å². The average Bonchev–Trinajstić information content (AvgIpc) is 2.72. The highest BCUT2D eigenvalue weighted by molar-refractivity contribution is 7.88. The number of hydrogen-bond donors (Lipinski definition) is 3. The zero-order valence-corrected chi connectivity index (χ0v) is 12.5. The first-order chi connectivity index (χ1) is 9.38. The van der Waals surface area contributed by atoms with Crippen molar-refractivity contribution in [1.29, 1.82) is 0 Å². The van der Waals surface area contributed by atoms with Crippen LogP contribution in [-0.2, 0) is 10.0 Å². The Bertz CT molecular complexity index is 737. The van der Waals surface area contributed by atoms with Gasteiger partial charge in [-0.05, 0) is 6.07 Å². The lowest BCUT2D eigenvalue weighted by Gasteiger charge is -2.04. The van der Waals surface area contributed by atoms with Crippen LogP contribution in [0.5, 0.6) is 0 Å². The van der Waals surface area contributed by atoms with E-state index in [1.165, 1.54) is 11.3 Å². The van der Waals surface area contributed by atoms with Gasteiger partial charge in [0.15, 0.2) is 0 Å². The summed E-state index contributed by atoms with van der Waals surface area (Å²) >= 11 is 1.32. The highest BCUT2D eigenvalue weighted by Gasteiger charge is 2.15. The van der Waals surface area contributed by atoms with Gasteiger partial charge in [-0.1, -0.05) is 18.2 Å². The Morgan fingerprint density at radius 1 is 1.30 bits per heavy atom. The van der Waals surface area contributed by atoms with Gasteiger partial charge in [0.2, 0.25) is 10.0 Å². The van der Waals surface area contributed by atoms with Crippen LogP contribution in [0.25, 0.3) is 10.1 Å². The summed E-state index contributed by atoms with van der Waals surface area (Å²) in [7, 11) is -3.24. The van der Waals surface area contributed by atoms with Crippen molar-refractivity contribution in [1.82, 2.24) is 10.0 Å². The number of carbonyl (C=O) groups excluding carboxylic acids is 1. The molecule has 0 saturated carbocycles. The van der Waals surface area contributed by atoms with E-state index in [1.54, 1.807) is 0 Å². The van der Waals surface area contributed by atoms with Gasteiger partial charge in [0.05, 0.1) is 11.9 Å². The number of thiophene rings is 1. The fourth-order valence-corrected chi connectivity index (χ4v) is 3.24. The van der Waals surface area contributed by atoms with Crippen molar-refractivity contribution >= 4 is 43.0 Å². The molecule has 0 saturated heterocycles. The molecule has 2 rings (SSSR count). The van der Waals surface area contributed by atoms with Crippen LogP contribution in [0.4, 0.5) is 5.69 Å². The maximum atomic E-state index is 12.0. The summed E-state index contributed by atoms with van der Waals surface area (Å²) in [5.41, 5.74) is 6.41. The number of benzene rings is 1. The fourth-order valence-electron chi connectivity index (χ4n) is 1.73. The summed E-state index contributed by atoms with van der Waals surface area (Å²) < 4.78 is 25.0. The number of sulfonamides is 1. The third-order valence-corrected chi connectivity index (χ3v) is 4.53. The molecule has 0 radical (unpaired) electrons. The minimum Gasteiger partial charge on any atom is -0.397 e. The zero-order valence-electron chi connectivity index (χ0n) is 10.8. The van der Waals surface area contributed by atoms with Crippen LogP contribution in [0.1, 0.15) is 9.67 Å². The van der Waals surface area contributed by atoms with Crippen molar-refractivity contribution in [3.8, 4) is 0 Å². The second kappa shape index (κ2) is 5.78. The molecule has 1 aromatic heterocycles. The third-order valence-electron chi connectivity index (χ3n) is 2.61. The number of rotatable bonds is 5. The van der Waals surface area contributed by atoms with Crippen LogP contribution in [0.2, 0.25) is 0 Å². The van der Waals surface area contributed by atoms with E-state index in [2.05, 4.69) is 10.0 Å². The van der Waals surface area contributed by atoms with Crippen molar-refractivity contribution in [3.63, 3.8) is 0 Å². The van der Waals surface area contributed by atoms with E-state index in [9.17, 15) is 13.2 Å². The number of fused-ring (bicyclic) bond motifs is 1. The molecule has 4 N–H and O–H groups in total. The van der Waals surface area contributed by atoms with Gasteiger partial charge in [0.25, 0.3) is 5.91 Å². The van der Waals surface area contributed by atoms with E-state index in [4.69, 9.17) is 5.73 Å². The normalized spacial score (nSPS) is 11.7. The Morgan fingerprint density at radius 2 is 2.00 bits per heavy atom. The SMILES string of the molecule is CS(=O)(=O)NCCNC(=O)c1sc2ccccc2c1N. The van der Waals surface area contributed by atoms with E-state index >= 15 is 0 Å². The summed E-state index contributed by atoms with van der Waals surface area (Å²) in [5, 5.41) is 3.50. The molecule has 108 valence electrons. The second-order valence-electron chi connectivity index (χ2n) is 4.26. The lowest BCUT2D eigenvalue weighted by Crippen LogP contribution is -2.34. The number of hydrogen-bond acceptors (Lipinski definition) is 5. The van der Waals surface area contributed by atoms with Crippen molar-refractivity contribution in [3.05, 3.63) is 29.1 Å². The first kappa shape index (κ1) is 14.8. The molecule has 0 bridgehead atoms. The molecule has 2 aromatic rings. The predicted octanol–water partition coefficient (Wildman–Crippen LogP) is 0.762. The van der Waals surface area contributed by atoms with Gasteiger partial charge in [-0.25, -0.2) is 13.1 Å². The van der Waals surface area contributed by atoms with Gasteiger partial charge in [0.1, 0.15) is 4.88 Å². The van der Waals surface area contributed by atoms with E-state index in [-0.39, 0.29) is 19.0 Å². The van der Waals surface area contributed by atoms with E-state index in [0.29, 0.717) is 10.6 Å². The molecular formula is C12H15N3O3S2. The number of carbonyl (C=O) groups is 1. The lowest BCUT2D eigenvalue weighted by atomic mass is 10.2. The Hall–Kier alpha value is -1.64. The van der Waals surface area contributed by atoms with E-state index in [1.807, 2.05) is 24.3 Å². The Morgan fingerprint density at radius 3 is 2.65 bits per heavy atom. The molecule has 1 heterocycles. The van der Waals surface area contributed by atoms with Crippen molar-refractivity contribution in [2.45, 2.75) is 0 Å². The van der Waals surface area contributed by atoms with Crippen LogP contribution < -0.4 is 15.8 Å². The number of amides is 1. The molecular weight excluding hydrogens is 298 g/mol. The van der Waals surface area contributed by atoms with Crippen LogP contribution in [0.15, 0.2) is 24.3 Å². The second-order valence-corrected chi connectivity index (χ2v) is 7.15. The van der Waals surface area contributed by atoms with Gasteiger partial charge in [-0.2, -0.15) is 0 Å². The van der Waals surface area contributed by atoms with E-state index < -0.39 is 10.0 Å². The van der Waals surface area contributed by atoms with Crippen LogP contribution in [0.3, 0.4) is 0 Å². The van der Waals surface area contributed by atoms with Gasteiger partial charge in [-0.15, -0.1) is 11.3 Å². The summed E-state index contributed by atoms with van der Waals surface area (Å²) in [5.74, 6) is -0.293. The molecule has 8 heteroatoms. The number of nitrogens with one attached hydrogen (secondary N) is 2. The van der Waals surface area contributed by atoms with Gasteiger partial charge in [0, 0.05) is 23.2 Å². The standard InChI is InChI=1S/C12H15N3O3S2/c1-20(17,18)15-7-6-14-12(16)11-10(13)8-4-2-3-5-9(8)19-11/h2-5,15H,6-7,13H2,1H3,(H,14,16). The number of nitrogens with two attached hydrogens (primary N) is 1. The molecule has 0 fully saturated rings. The van der Waals surface area contributed by atoms with Gasteiger partial charge in [-0.3, -0.25) is 4.79 Å². The minimum absolute atomic E-state index is 0.148. The summed E-state index contributed by atoms with van der Waals surface area (Å²) in [6, 6.07) is 7.51. The Balaban J connectivity index is 2.03. The summed E-state index contributed by atoms with van der Waals surface area (Å²) in [4.78, 5) is 12.5. The number of anilines is 1. The highest BCUT2D eigenvalue weighted by Crippen LogP contribution is 2.33. The maximum Gasteiger partial charge on any atom is 0.263 e. The first-order valence-corrected chi connectivity index (χ1v) is 8.59. The fraction of sp³-hybridized carbons (Fsp3) is 0.250. The molecule has 0 spiro atoms. The molecule has 1 amide bonds. The Kier molecular flexibility index (Phi) is 4.26. The van der Waals surface area contributed by atoms with Crippen molar-refractivity contribution in [2.75, 3.05) is 25.1 Å². The van der Waals surface area contributed by atoms with Crippen LogP contribution in [-0.4, -0.2) is 33.7 Å². The Labute approximate surface area is 121 Å². The molecule has 1 aromatic carbocycles. The van der Waals surface area contributed by atoms with Crippen LogP contribution >= 0.6 is 11.3 Å². The molecule has 0 aliphatic heterocycles. The zero-order chi connectivity index (χ0) is 14.8. The highest BCUT2D eigenvalue weighted by atomic mass is 32.2. The van der Waals surface area contributed by atoms with Crippen LogP contribution in [0, 0.1) is 0 Å². The van der Waals surface area contributed by atoms with Gasteiger partial charge >= 0.3 is 0 Å². The molecule has 20 heavy (non-hydrogen) atoms.